The summed E-state index contributed by atoms with van der Waals surface area (Å²) < 4.78 is 1.10. The van der Waals surface area contributed by atoms with Gasteiger partial charge in [-0.2, -0.15) is 0 Å². The van der Waals surface area contributed by atoms with Gasteiger partial charge in [-0.15, -0.1) is 0 Å². The molecule has 0 saturated carbocycles. The molecule has 0 aliphatic heterocycles. The molecule has 0 aliphatic rings. The maximum absolute atomic E-state index is 10.2. The van der Waals surface area contributed by atoms with Crippen molar-refractivity contribution in [3.05, 3.63) is 29.8 Å². The Morgan fingerprint density at radius 1 is 0.688 bits per heavy atom. The van der Waals surface area contributed by atoms with E-state index >= 15 is 0 Å². The van der Waals surface area contributed by atoms with Crippen LogP contribution < -0.4 is 9.59 Å². The smallest absolute Gasteiger partial charge is 0.135 e. The predicted molar refractivity (Wildman–Crippen MR) is 140 cm³/mol. The van der Waals surface area contributed by atoms with Gasteiger partial charge >= 0.3 is 0 Å². The minimum Gasteiger partial charge on any atom is -0.550 e. The number of carbonyl (C=O) groups excluding carboxylic acids is 1. The highest BCUT2D eigenvalue weighted by Gasteiger charge is 2.25. The van der Waals surface area contributed by atoms with Crippen LogP contribution >= 0.6 is 0 Å². The summed E-state index contributed by atoms with van der Waals surface area (Å²) in [4.78, 5) is 10.2. The van der Waals surface area contributed by atoms with Crippen molar-refractivity contribution in [2.75, 3.05) is 19.6 Å². The summed E-state index contributed by atoms with van der Waals surface area (Å²) in [5.41, 5.74) is 2.90. The molecule has 3 heteroatoms. The Bertz CT molecular complexity index is 558. The molecule has 0 bridgehead atoms. The third-order valence-electron chi connectivity index (χ3n) is 6.93. The fourth-order valence-corrected chi connectivity index (χ4v) is 4.56. The molecule has 3 nitrogen and oxygen atoms in total. The van der Waals surface area contributed by atoms with Crippen molar-refractivity contribution in [1.82, 2.24) is 4.48 Å². The highest BCUT2D eigenvalue weighted by atomic mass is 16.4. The lowest BCUT2D eigenvalue weighted by Crippen LogP contribution is -2.49. The molecule has 1 aromatic carbocycles. The van der Waals surface area contributed by atoms with E-state index in [1.54, 1.807) is 0 Å². The monoisotopic (exact) mass is 447 g/mol. The summed E-state index contributed by atoms with van der Waals surface area (Å²) in [5.74, 6) is -0.905. The third-order valence-corrected chi connectivity index (χ3v) is 6.93. The highest BCUT2D eigenvalue weighted by Crippen LogP contribution is 2.26. The first-order chi connectivity index (χ1) is 15.5. The van der Waals surface area contributed by atoms with Crippen LogP contribution in [0.5, 0.6) is 0 Å². The van der Waals surface area contributed by atoms with E-state index < -0.39 is 5.97 Å². The van der Waals surface area contributed by atoms with Crippen LogP contribution in [0.4, 0.5) is 5.69 Å². The van der Waals surface area contributed by atoms with Crippen molar-refractivity contribution in [3.63, 3.8) is 0 Å². The van der Waals surface area contributed by atoms with Gasteiger partial charge in [0.05, 0.1) is 19.6 Å². The number of aryl methyl sites for hydroxylation is 1. The summed E-state index contributed by atoms with van der Waals surface area (Å²) in [7, 11) is 0. The molecule has 1 aromatic rings. The zero-order valence-corrected chi connectivity index (χ0v) is 22.1. The molecule has 0 aliphatic carbocycles. The summed E-state index contributed by atoms with van der Waals surface area (Å²) in [6, 6.07) is 8.75. The van der Waals surface area contributed by atoms with Crippen molar-refractivity contribution in [2.24, 2.45) is 0 Å². The molecular formula is C29H53NO2. The Morgan fingerprint density at radius 2 is 1.09 bits per heavy atom. The third kappa shape index (κ3) is 13.9. The molecule has 32 heavy (non-hydrogen) atoms. The largest absolute Gasteiger partial charge is 0.550 e. The van der Waals surface area contributed by atoms with Crippen LogP contribution in [0, 0.1) is 6.92 Å². The fraction of sp³-hybridized carbons (Fsp3) is 0.759. The average Bonchev–Trinajstić information content (AvgIpc) is 2.80. The van der Waals surface area contributed by atoms with E-state index in [0.717, 1.165) is 17.3 Å². The Kier molecular flexibility index (Phi) is 19.4. The lowest BCUT2D eigenvalue weighted by molar-refractivity contribution is -0.305. The standard InChI is InChI=1S/C16H32O2.C13H22N/c1-2-3-4-5-6-7-8-9-10-11-12-13-14-15-16(17)18;1-5-14(6-2,7-3)13-11-9-8-10-12(13)4/h2-15H2,1H3,(H,17,18);8-11H,5-7H2,1-4H3/q;+1/p-1. The predicted octanol–water partition coefficient (Wildman–Crippen LogP) is 7.58. The van der Waals surface area contributed by atoms with Gasteiger partial charge in [0.1, 0.15) is 5.69 Å². The summed E-state index contributed by atoms with van der Waals surface area (Å²) in [6.45, 7) is 14.8. The van der Waals surface area contributed by atoms with Gasteiger partial charge in [0.15, 0.2) is 0 Å². The van der Waals surface area contributed by atoms with Gasteiger partial charge < -0.3 is 9.90 Å². The maximum Gasteiger partial charge on any atom is 0.135 e. The maximum atomic E-state index is 10.2. The molecule has 0 heterocycles. The second kappa shape index (κ2) is 20.3. The fourth-order valence-electron chi connectivity index (χ4n) is 4.56. The number of hydrogen-bond acceptors (Lipinski definition) is 2. The Hall–Kier alpha value is -1.35. The van der Waals surface area contributed by atoms with Crippen molar-refractivity contribution in [2.45, 2.75) is 125 Å². The molecular weight excluding hydrogens is 394 g/mol. The second-order valence-electron chi connectivity index (χ2n) is 9.24. The number of benzene rings is 1. The van der Waals surface area contributed by atoms with Gasteiger partial charge in [0.2, 0.25) is 0 Å². The molecule has 0 radical (unpaired) electrons. The minimum absolute atomic E-state index is 0.234. The molecule has 0 spiro atoms. The molecule has 186 valence electrons. The van der Waals surface area contributed by atoms with Gasteiger partial charge in [-0.1, -0.05) is 102 Å². The van der Waals surface area contributed by atoms with E-state index in [0.29, 0.717) is 0 Å². The van der Waals surface area contributed by atoms with E-state index in [9.17, 15) is 9.90 Å². The molecule has 0 amide bonds. The molecule has 0 N–H and O–H groups in total. The van der Waals surface area contributed by atoms with Crippen molar-refractivity contribution in [3.8, 4) is 0 Å². The topological polar surface area (TPSA) is 40.1 Å². The number of nitrogens with zero attached hydrogens (tertiary/aromatic N) is 1. The van der Waals surface area contributed by atoms with Crippen LogP contribution in [0.1, 0.15) is 123 Å². The molecule has 0 atom stereocenters. The highest BCUT2D eigenvalue weighted by molar-refractivity contribution is 5.64. The van der Waals surface area contributed by atoms with Crippen LogP contribution in [0.2, 0.25) is 0 Å². The van der Waals surface area contributed by atoms with Crippen LogP contribution in [0.25, 0.3) is 0 Å². The number of carbonyl (C=O) groups is 1. The Balaban J connectivity index is 0.000000618. The van der Waals surface area contributed by atoms with Crippen LogP contribution in [-0.4, -0.2) is 25.6 Å². The SMILES string of the molecule is CCCCCCCCCCCCCCCC(=O)[O-].CC[N+](CC)(CC)c1ccccc1C. The number of carboxylic acids is 1. The van der Waals surface area contributed by atoms with Gasteiger partial charge in [0, 0.05) is 11.5 Å². The summed E-state index contributed by atoms with van der Waals surface area (Å²) in [5, 5.41) is 10.2. The molecule has 1 rings (SSSR count). The first-order valence-corrected chi connectivity index (χ1v) is 13.6. The van der Waals surface area contributed by atoms with Crippen molar-refractivity contribution >= 4 is 11.7 Å². The number of aliphatic carboxylic acids is 1. The average molecular weight is 448 g/mol. The van der Waals surface area contributed by atoms with Crippen LogP contribution in [-0.2, 0) is 4.79 Å². The number of carboxylic acid groups (broad SMARTS) is 1. The zero-order chi connectivity index (χ0) is 24.1. The first-order valence-electron chi connectivity index (χ1n) is 13.6. The number of para-hydroxylation sites is 1. The Morgan fingerprint density at radius 3 is 1.47 bits per heavy atom. The van der Waals surface area contributed by atoms with Crippen LogP contribution in [0.3, 0.4) is 0 Å². The van der Waals surface area contributed by atoms with E-state index in [-0.39, 0.29) is 6.42 Å². The van der Waals surface area contributed by atoms with Crippen LogP contribution in [0.15, 0.2) is 24.3 Å². The quantitative estimate of drug-likeness (QED) is 0.172. The Labute approximate surface area is 200 Å². The minimum atomic E-state index is -0.905. The van der Waals surface area contributed by atoms with Gasteiger partial charge in [-0.25, -0.2) is 0 Å². The van der Waals surface area contributed by atoms with E-state index in [1.165, 1.54) is 102 Å². The van der Waals surface area contributed by atoms with Crippen molar-refractivity contribution < 1.29 is 9.90 Å². The summed E-state index contributed by atoms with van der Waals surface area (Å²) in [6.07, 6.45) is 16.9. The number of quaternary nitrogens is 1. The molecule has 0 saturated heterocycles. The van der Waals surface area contributed by atoms with E-state index in [2.05, 4.69) is 58.9 Å². The van der Waals surface area contributed by atoms with Crippen molar-refractivity contribution in [1.29, 1.82) is 0 Å². The lowest BCUT2D eigenvalue weighted by Gasteiger charge is -2.36. The normalized spacial score (nSPS) is 11.2. The van der Waals surface area contributed by atoms with Gasteiger partial charge in [0.25, 0.3) is 0 Å². The van der Waals surface area contributed by atoms with Gasteiger partial charge in [-0.05, 0) is 46.6 Å². The molecule has 0 fully saturated rings. The van der Waals surface area contributed by atoms with E-state index in [4.69, 9.17) is 0 Å². The molecule has 0 unspecified atom stereocenters. The van der Waals surface area contributed by atoms with Gasteiger partial charge in [-0.3, -0.25) is 4.48 Å². The number of hydrogen-bond donors (Lipinski definition) is 0. The lowest BCUT2D eigenvalue weighted by atomic mass is 10.0. The number of unbranched alkanes of at least 4 members (excludes halogenated alkanes) is 12. The number of rotatable bonds is 18. The van der Waals surface area contributed by atoms with E-state index in [1.807, 2.05) is 0 Å². The second-order valence-corrected chi connectivity index (χ2v) is 9.24. The molecule has 0 aromatic heterocycles. The zero-order valence-electron chi connectivity index (χ0n) is 22.1. The first kappa shape index (κ1) is 30.6. The summed E-state index contributed by atoms with van der Waals surface area (Å²) >= 11 is 0.